The molecule has 23 heavy (non-hydrogen) atoms. The molecule has 0 bridgehead atoms. The van der Waals surface area contributed by atoms with Gasteiger partial charge in [0.05, 0.1) is 12.1 Å². The van der Waals surface area contributed by atoms with E-state index in [4.69, 9.17) is 4.42 Å². The first kappa shape index (κ1) is 14.4. The lowest BCUT2D eigenvalue weighted by Crippen LogP contribution is -2.33. The maximum Gasteiger partial charge on any atom is 0.228 e. The highest BCUT2D eigenvalue weighted by atomic mass is 19.1. The normalized spacial score (nSPS) is 23.3. The predicted molar refractivity (Wildman–Crippen MR) is 82.0 cm³/mol. The summed E-state index contributed by atoms with van der Waals surface area (Å²) in [5, 5.41) is 3.37. The smallest absolute Gasteiger partial charge is 0.228 e. The average Bonchev–Trinajstić information content (AvgIpc) is 3.22. The summed E-state index contributed by atoms with van der Waals surface area (Å²) < 4.78 is 18.4. The van der Waals surface area contributed by atoms with Crippen molar-refractivity contribution in [3.63, 3.8) is 0 Å². The predicted octanol–water partition coefficient (Wildman–Crippen LogP) is 1.70. The molecule has 1 aromatic carbocycles. The molecule has 2 fully saturated rings. The number of hydrogen-bond acceptors (Lipinski definition) is 4. The van der Waals surface area contributed by atoms with Crippen LogP contribution in [0, 0.1) is 17.7 Å². The van der Waals surface area contributed by atoms with Gasteiger partial charge in [-0.05, 0) is 36.1 Å². The van der Waals surface area contributed by atoms with Crippen LogP contribution in [0.3, 0.4) is 0 Å². The fourth-order valence-electron chi connectivity index (χ4n) is 3.44. The quantitative estimate of drug-likeness (QED) is 0.937. The molecule has 0 radical (unpaired) electrons. The van der Waals surface area contributed by atoms with Crippen molar-refractivity contribution in [2.45, 2.75) is 6.42 Å². The minimum atomic E-state index is -0.301. The minimum Gasteiger partial charge on any atom is -0.444 e. The zero-order chi connectivity index (χ0) is 15.8. The van der Waals surface area contributed by atoms with Crippen LogP contribution in [0.25, 0.3) is 11.5 Å². The van der Waals surface area contributed by atoms with E-state index in [-0.39, 0.29) is 18.1 Å². The van der Waals surface area contributed by atoms with Crippen LogP contribution in [-0.4, -0.2) is 42.0 Å². The maximum absolute atomic E-state index is 12.9. The molecule has 0 aliphatic carbocycles. The number of fused-ring (bicyclic) bond motifs is 1. The third-order valence-electron chi connectivity index (χ3n) is 4.72. The Bertz CT molecular complexity index is 701. The standard InChI is InChI=1S/C17H18FN3O2/c18-14-3-1-11(2-4-14)17-20-15(10-23-17)5-16(22)21-8-12-6-19-7-13(12)9-21/h1-4,10,12-13,19H,5-9H2/t12-,13+. The highest BCUT2D eigenvalue weighted by molar-refractivity contribution is 5.78. The van der Waals surface area contributed by atoms with Crippen molar-refractivity contribution in [2.24, 2.45) is 11.8 Å². The van der Waals surface area contributed by atoms with E-state index in [0.717, 1.165) is 26.2 Å². The molecule has 4 rings (SSSR count). The average molecular weight is 315 g/mol. The molecule has 5 nitrogen and oxygen atoms in total. The number of benzene rings is 1. The molecule has 6 heteroatoms. The number of likely N-dealkylation sites (tertiary alicyclic amines) is 1. The van der Waals surface area contributed by atoms with Gasteiger partial charge in [-0.3, -0.25) is 4.79 Å². The molecule has 1 N–H and O–H groups in total. The van der Waals surface area contributed by atoms with Crippen molar-refractivity contribution in [1.29, 1.82) is 0 Å². The van der Waals surface area contributed by atoms with Gasteiger partial charge < -0.3 is 14.6 Å². The Kier molecular flexibility index (Phi) is 3.61. The van der Waals surface area contributed by atoms with E-state index in [9.17, 15) is 9.18 Å². The van der Waals surface area contributed by atoms with Gasteiger partial charge >= 0.3 is 0 Å². The topological polar surface area (TPSA) is 58.4 Å². The number of nitrogens with zero attached hydrogens (tertiary/aromatic N) is 2. The van der Waals surface area contributed by atoms with E-state index in [0.29, 0.717) is 29.0 Å². The first-order valence-corrected chi connectivity index (χ1v) is 7.88. The zero-order valence-corrected chi connectivity index (χ0v) is 12.7. The molecule has 2 aliphatic heterocycles. The van der Waals surface area contributed by atoms with Gasteiger partial charge in [-0.1, -0.05) is 0 Å². The van der Waals surface area contributed by atoms with Crippen molar-refractivity contribution in [3.05, 3.63) is 42.0 Å². The highest BCUT2D eigenvalue weighted by Crippen LogP contribution is 2.27. The van der Waals surface area contributed by atoms with Gasteiger partial charge in [0, 0.05) is 31.7 Å². The third-order valence-corrected chi connectivity index (χ3v) is 4.72. The number of halogens is 1. The van der Waals surface area contributed by atoms with Gasteiger partial charge in [-0.15, -0.1) is 0 Å². The second-order valence-electron chi connectivity index (χ2n) is 6.30. The Morgan fingerprint density at radius 2 is 1.96 bits per heavy atom. The second-order valence-corrected chi connectivity index (χ2v) is 6.30. The molecule has 0 unspecified atom stereocenters. The summed E-state index contributed by atoms with van der Waals surface area (Å²) in [4.78, 5) is 18.7. The molecule has 0 saturated carbocycles. The monoisotopic (exact) mass is 315 g/mol. The number of carbonyl (C=O) groups excluding carboxylic acids is 1. The number of rotatable bonds is 3. The van der Waals surface area contributed by atoms with E-state index in [1.807, 2.05) is 4.90 Å². The molecule has 2 saturated heterocycles. The van der Waals surface area contributed by atoms with Gasteiger partial charge in [0.1, 0.15) is 12.1 Å². The number of oxazole rings is 1. The number of carbonyl (C=O) groups is 1. The van der Waals surface area contributed by atoms with Crippen LogP contribution < -0.4 is 5.32 Å². The number of aromatic nitrogens is 1. The summed E-state index contributed by atoms with van der Waals surface area (Å²) in [5.74, 6) is 1.38. The molecule has 2 aromatic rings. The maximum atomic E-state index is 12.9. The Balaban J connectivity index is 1.41. The number of hydrogen-bond donors (Lipinski definition) is 1. The zero-order valence-electron chi connectivity index (χ0n) is 12.7. The summed E-state index contributed by atoms with van der Waals surface area (Å²) in [6.07, 6.45) is 1.76. The molecule has 3 heterocycles. The Labute approximate surface area is 133 Å². The molecule has 120 valence electrons. The Morgan fingerprint density at radius 1 is 1.26 bits per heavy atom. The van der Waals surface area contributed by atoms with Gasteiger partial charge in [-0.25, -0.2) is 9.37 Å². The second kappa shape index (κ2) is 5.77. The fraction of sp³-hybridized carbons (Fsp3) is 0.412. The lowest BCUT2D eigenvalue weighted by Gasteiger charge is -2.16. The van der Waals surface area contributed by atoms with Crippen molar-refractivity contribution >= 4 is 5.91 Å². The van der Waals surface area contributed by atoms with E-state index in [1.54, 1.807) is 12.1 Å². The molecule has 2 atom stereocenters. The molecular weight excluding hydrogens is 297 g/mol. The molecule has 2 aliphatic rings. The van der Waals surface area contributed by atoms with E-state index < -0.39 is 0 Å². The molecule has 1 aromatic heterocycles. The van der Waals surface area contributed by atoms with Crippen LogP contribution in [0.5, 0.6) is 0 Å². The first-order valence-electron chi connectivity index (χ1n) is 7.88. The number of amides is 1. The van der Waals surface area contributed by atoms with Crippen molar-refractivity contribution in [2.75, 3.05) is 26.2 Å². The van der Waals surface area contributed by atoms with E-state index >= 15 is 0 Å². The van der Waals surface area contributed by atoms with Gasteiger partial charge in [0.2, 0.25) is 11.8 Å². The Morgan fingerprint density at radius 3 is 2.65 bits per heavy atom. The van der Waals surface area contributed by atoms with E-state index in [2.05, 4.69) is 10.3 Å². The lowest BCUT2D eigenvalue weighted by molar-refractivity contribution is -0.129. The lowest BCUT2D eigenvalue weighted by atomic mass is 10.0. The molecule has 1 amide bonds. The minimum absolute atomic E-state index is 0.0957. The summed E-state index contributed by atoms with van der Waals surface area (Å²) in [6, 6.07) is 5.95. The van der Waals surface area contributed by atoms with Gasteiger partial charge in [-0.2, -0.15) is 0 Å². The van der Waals surface area contributed by atoms with Crippen LogP contribution >= 0.6 is 0 Å². The van der Waals surface area contributed by atoms with Crippen LogP contribution in [0.15, 0.2) is 34.9 Å². The van der Waals surface area contributed by atoms with E-state index in [1.165, 1.54) is 18.4 Å². The van der Waals surface area contributed by atoms with Crippen LogP contribution in [0.1, 0.15) is 5.69 Å². The fourth-order valence-corrected chi connectivity index (χ4v) is 3.44. The number of nitrogens with one attached hydrogen (secondary N) is 1. The van der Waals surface area contributed by atoms with Crippen LogP contribution in [0.4, 0.5) is 4.39 Å². The largest absolute Gasteiger partial charge is 0.444 e. The SMILES string of the molecule is O=C(Cc1coc(-c2ccc(F)cc2)n1)N1C[C@H]2CNC[C@H]2C1. The van der Waals surface area contributed by atoms with Gasteiger partial charge in [0.25, 0.3) is 0 Å². The first-order chi connectivity index (χ1) is 11.2. The Hall–Kier alpha value is -2.21. The third kappa shape index (κ3) is 2.86. The summed E-state index contributed by atoms with van der Waals surface area (Å²) >= 11 is 0. The molecular formula is C17H18FN3O2. The summed E-state index contributed by atoms with van der Waals surface area (Å²) in [5.41, 5.74) is 1.32. The van der Waals surface area contributed by atoms with Crippen LogP contribution in [-0.2, 0) is 11.2 Å². The van der Waals surface area contributed by atoms with Gasteiger partial charge in [0.15, 0.2) is 0 Å². The highest BCUT2D eigenvalue weighted by Gasteiger charge is 2.37. The molecule has 0 spiro atoms. The van der Waals surface area contributed by atoms with Crippen molar-refractivity contribution in [1.82, 2.24) is 15.2 Å². The van der Waals surface area contributed by atoms with Crippen molar-refractivity contribution < 1.29 is 13.6 Å². The van der Waals surface area contributed by atoms with Crippen LogP contribution in [0.2, 0.25) is 0 Å². The summed E-state index contributed by atoms with van der Waals surface area (Å²) in [6.45, 7) is 3.68. The van der Waals surface area contributed by atoms with Crippen molar-refractivity contribution in [3.8, 4) is 11.5 Å². The summed E-state index contributed by atoms with van der Waals surface area (Å²) in [7, 11) is 0.